The van der Waals surface area contributed by atoms with Crippen LogP contribution in [0, 0.1) is 6.92 Å². The predicted octanol–water partition coefficient (Wildman–Crippen LogP) is 2.91. The van der Waals surface area contributed by atoms with Gasteiger partial charge in [0.15, 0.2) is 5.65 Å². The van der Waals surface area contributed by atoms with Crippen LogP contribution in [0.2, 0.25) is 0 Å². The van der Waals surface area contributed by atoms with Gasteiger partial charge in [-0.1, -0.05) is 29.8 Å². The Bertz CT molecular complexity index is 1150. The highest BCUT2D eigenvalue weighted by molar-refractivity contribution is 5.78. The van der Waals surface area contributed by atoms with E-state index in [1.807, 2.05) is 32.3 Å². The number of hydrogen-bond donors (Lipinski definition) is 0. The third kappa shape index (κ3) is 2.93. The summed E-state index contributed by atoms with van der Waals surface area (Å²) in [6.45, 7) is 3.85. The highest BCUT2D eigenvalue weighted by Gasteiger charge is 2.19. The lowest BCUT2D eigenvalue weighted by Crippen LogP contribution is -2.27. The van der Waals surface area contributed by atoms with Gasteiger partial charge in [0.2, 0.25) is 5.91 Å². The average molecular weight is 374 g/mol. The molecule has 28 heavy (non-hydrogen) atoms. The first-order valence-corrected chi connectivity index (χ1v) is 9.76. The van der Waals surface area contributed by atoms with E-state index in [2.05, 4.69) is 46.5 Å². The number of carbonyl (C=O) groups excluding carboxylic acids is 1. The van der Waals surface area contributed by atoms with Crippen molar-refractivity contribution >= 4 is 17.1 Å². The summed E-state index contributed by atoms with van der Waals surface area (Å²) in [4.78, 5) is 14.3. The van der Waals surface area contributed by atoms with E-state index >= 15 is 0 Å². The van der Waals surface area contributed by atoms with Crippen LogP contribution in [0.4, 0.5) is 0 Å². The molecule has 1 amide bonds. The standard InChI is InChI=1S/C21H22N6O/c1-15-4-6-16(7-5-15)17-14-18-21-23-22-19(26(21)12-13-27(18)24-17)8-9-20(28)25-10-2-3-11-25/h4-7,12-14H,2-3,8-11H2,1H3. The van der Waals surface area contributed by atoms with Gasteiger partial charge in [0, 0.05) is 43.9 Å². The number of rotatable bonds is 4. The van der Waals surface area contributed by atoms with E-state index < -0.39 is 0 Å². The van der Waals surface area contributed by atoms with Crippen molar-refractivity contribution in [2.75, 3.05) is 13.1 Å². The molecule has 3 aromatic heterocycles. The fraction of sp³-hybridized carbons (Fsp3) is 0.333. The van der Waals surface area contributed by atoms with Gasteiger partial charge in [0.1, 0.15) is 11.3 Å². The first-order valence-electron chi connectivity index (χ1n) is 9.76. The van der Waals surface area contributed by atoms with Gasteiger partial charge < -0.3 is 4.90 Å². The number of amides is 1. The number of aryl methyl sites for hydroxylation is 2. The second-order valence-electron chi connectivity index (χ2n) is 7.42. The Labute approximate surface area is 162 Å². The van der Waals surface area contributed by atoms with Gasteiger partial charge in [-0.05, 0) is 25.8 Å². The van der Waals surface area contributed by atoms with Crippen molar-refractivity contribution in [3.8, 4) is 11.3 Å². The lowest BCUT2D eigenvalue weighted by Gasteiger charge is -2.14. The lowest BCUT2D eigenvalue weighted by atomic mass is 10.1. The molecule has 1 aliphatic heterocycles. The summed E-state index contributed by atoms with van der Waals surface area (Å²) in [6, 6.07) is 10.4. The number of nitrogens with zero attached hydrogens (tertiary/aromatic N) is 6. The molecule has 1 aliphatic rings. The summed E-state index contributed by atoms with van der Waals surface area (Å²) in [5.74, 6) is 1.02. The summed E-state index contributed by atoms with van der Waals surface area (Å²) >= 11 is 0. The maximum atomic E-state index is 12.3. The van der Waals surface area contributed by atoms with E-state index in [1.165, 1.54) is 5.56 Å². The minimum absolute atomic E-state index is 0.210. The molecule has 0 bridgehead atoms. The average Bonchev–Trinajstić information content (AvgIpc) is 3.44. The molecule has 0 saturated carbocycles. The molecule has 0 atom stereocenters. The number of fused-ring (bicyclic) bond motifs is 3. The molecular weight excluding hydrogens is 352 g/mol. The highest BCUT2D eigenvalue weighted by Crippen LogP contribution is 2.22. The molecule has 5 rings (SSSR count). The summed E-state index contributed by atoms with van der Waals surface area (Å²) in [7, 11) is 0. The van der Waals surface area contributed by atoms with Gasteiger partial charge >= 0.3 is 0 Å². The molecule has 1 saturated heterocycles. The molecule has 0 radical (unpaired) electrons. The van der Waals surface area contributed by atoms with Crippen LogP contribution in [0.5, 0.6) is 0 Å². The Kier molecular flexibility index (Phi) is 4.07. The van der Waals surface area contributed by atoms with Crippen molar-refractivity contribution < 1.29 is 4.79 Å². The molecule has 4 aromatic rings. The van der Waals surface area contributed by atoms with Crippen molar-refractivity contribution in [1.82, 2.24) is 29.1 Å². The highest BCUT2D eigenvalue weighted by atomic mass is 16.2. The molecule has 1 aromatic carbocycles. The van der Waals surface area contributed by atoms with Gasteiger partial charge in [0.25, 0.3) is 0 Å². The summed E-state index contributed by atoms with van der Waals surface area (Å²) in [5, 5.41) is 13.4. The molecular formula is C21H22N6O. The van der Waals surface area contributed by atoms with Gasteiger partial charge in [-0.25, -0.2) is 4.52 Å². The first kappa shape index (κ1) is 16.9. The number of aromatic nitrogens is 5. The van der Waals surface area contributed by atoms with Crippen LogP contribution in [0.1, 0.15) is 30.7 Å². The van der Waals surface area contributed by atoms with Crippen LogP contribution in [-0.2, 0) is 11.2 Å². The van der Waals surface area contributed by atoms with Gasteiger partial charge in [-0.15, -0.1) is 10.2 Å². The number of benzene rings is 1. The minimum atomic E-state index is 0.210. The molecule has 7 heteroatoms. The fourth-order valence-corrected chi connectivity index (χ4v) is 3.84. The van der Waals surface area contributed by atoms with Crippen LogP contribution in [0.25, 0.3) is 22.4 Å². The first-order chi connectivity index (χ1) is 13.7. The van der Waals surface area contributed by atoms with Crippen LogP contribution in [0.15, 0.2) is 42.7 Å². The van der Waals surface area contributed by atoms with E-state index in [9.17, 15) is 4.79 Å². The molecule has 142 valence electrons. The normalized spacial score (nSPS) is 14.4. The molecule has 0 spiro atoms. The molecule has 0 N–H and O–H groups in total. The SMILES string of the molecule is Cc1ccc(-c2cc3c4nnc(CCC(=O)N5CCCC5)n4ccn3n2)cc1. The zero-order chi connectivity index (χ0) is 19.1. The molecule has 0 unspecified atom stereocenters. The zero-order valence-corrected chi connectivity index (χ0v) is 15.9. The Morgan fingerprint density at radius 2 is 1.86 bits per heavy atom. The quantitative estimate of drug-likeness (QED) is 0.551. The van der Waals surface area contributed by atoms with E-state index in [0.717, 1.165) is 54.2 Å². The van der Waals surface area contributed by atoms with E-state index in [-0.39, 0.29) is 5.91 Å². The second kappa shape index (κ2) is 6.74. The van der Waals surface area contributed by atoms with E-state index in [1.54, 1.807) is 0 Å². The maximum Gasteiger partial charge on any atom is 0.223 e. The lowest BCUT2D eigenvalue weighted by molar-refractivity contribution is -0.130. The van der Waals surface area contributed by atoms with E-state index in [0.29, 0.717) is 12.8 Å². The monoisotopic (exact) mass is 374 g/mol. The summed E-state index contributed by atoms with van der Waals surface area (Å²) in [5.41, 5.74) is 4.87. The summed E-state index contributed by atoms with van der Waals surface area (Å²) in [6.07, 6.45) is 7.12. The van der Waals surface area contributed by atoms with Crippen molar-refractivity contribution in [2.45, 2.75) is 32.6 Å². The van der Waals surface area contributed by atoms with Gasteiger partial charge in [-0.2, -0.15) is 5.10 Å². The Hall–Kier alpha value is -3.22. The minimum Gasteiger partial charge on any atom is -0.343 e. The van der Waals surface area contributed by atoms with Crippen molar-refractivity contribution in [3.05, 3.63) is 54.1 Å². The number of likely N-dealkylation sites (tertiary alicyclic amines) is 1. The third-order valence-electron chi connectivity index (χ3n) is 5.46. The van der Waals surface area contributed by atoms with Crippen molar-refractivity contribution in [3.63, 3.8) is 0 Å². The topological polar surface area (TPSA) is 67.8 Å². The van der Waals surface area contributed by atoms with Crippen molar-refractivity contribution in [2.24, 2.45) is 0 Å². The third-order valence-corrected chi connectivity index (χ3v) is 5.46. The zero-order valence-electron chi connectivity index (χ0n) is 15.9. The smallest absolute Gasteiger partial charge is 0.223 e. The number of carbonyl (C=O) groups is 1. The van der Waals surface area contributed by atoms with Crippen LogP contribution < -0.4 is 0 Å². The molecule has 4 heterocycles. The molecule has 0 aliphatic carbocycles. The van der Waals surface area contributed by atoms with Gasteiger partial charge in [-0.3, -0.25) is 9.20 Å². The Balaban J connectivity index is 1.44. The van der Waals surface area contributed by atoms with Crippen LogP contribution in [0.3, 0.4) is 0 Å². The van der Waals surface area contributed by atoms with Gasteiger partial charge in [0.05, 0.1) is 5.69 Å². The van der Waals surface area contributed by atoms with E-state index in [4.69, 9.17) is 0 Å². The Morgan fingerprint density at radius 3 is 2.64 bits per heavy atom. The van der Waals surface area contributed by atoms with Crippen LogP contribution in [-0.4, -0.2) is 48.1 Å². The molecule has 7 nitrogen and oxygen atoms in total. The summed E-state index contributed by atoms with van der Waals surface area (Å²) < 4.78 is 3.80. The second-order valence-corrected chi connectivity index (χ2v) is 7.42. The largest absolute Gasteiger partial charge is 0.343 e. The fourth-order valence-electron chi connectivity index (χ4n) is 3.84. The maximum absolute atomic E-state index is 12.3. The Morgan fingerprint density at radius 1 is 1.07 bits per heavy atom. The number of hydrogen-bond acceptors (Lipinski definition) is 4. The van der Waals surface area contributed by atoms with Crippen LogP contribution >= 0.6 is 0 Å². The molecule has 1 fully saturated rings. The predicted molar refractivity (Wildman–Crippen MR) is 106 cm³/mol. The van der Waals surface area contributed by atoms with Crippen molar-refractivity contribution in [1.29, 1.82) is 0 Å².